The average Bonchev–Trinajstić information content (AvgIpc) is 2.83. The van der Waals surface area contributed by atoms with E-state index in [0.29, 0.717) is 0 Å². The summed E-state index contributed by atoms with van der Waals surface area (Å²) in [6.07, 6.45) is 18.7. The van der Waals surface area contributed by atoms with Crippen LogP contribution in [0.25, 0.3) is 10.8 Å². The SMILES string of the molecule is CCCCCCCN(CCCCCCC)C[C@H](O)Cc1cc2c(c3ccccc13)CCCC2. The minimum Gasteiger partial charge on any atom is -0.391 e. The van der Waals surface area contributed by atoms with E-state index < -0.39 is 0 Å². The first-order valence-corrected chi connectivity index (χ1v) is 14.2. The summed E-state index contributed by atoms with van der Waals surface area (Å²) in [5.74, 6) is 0. The lowest BCUT2D eigenvalue weighted by molar-refractivity contribution is 0.110. The van der Waals surface area contributed by atoms with Gasteiger partial charge in [0.05, 0.1) is 6.10 Å². The topological polar surface area (TPSA) is 23.5 Å². The zero-order chi connectivity index (χ0) is 23.3. The van der Waals surface area contributed by atoms with E-state index in [4.69, 9.17) is 0 Å². The molecule has 0 fully saturated rings. The zero-order valence-electron chi connectivity index (χ0n) is 21.6. The maximum absolute atomic E-state index is 11.2. The van der Waals surface area contributed by atoms with Gasteiger partial charge in [0.15, 0.2) is 0 Å². The number of aliphatic hydroxyl groups excluding tert-OH is 1. The van der Waals surface area contributed by atoms with Crippen molar-refractivity contribution in [3.8, 4) is 0 Å². The number of hydrogen-bond acceptors (Lipinski definition) is 2. The molecule has 2 heteroatoms. The molecule has 0 unspecified atom stereocenters. The van der Waals surface area contributed by atoms with Gasteiger partial charge in [-0.25, -0.2) is 0 Å². The molecule has 0 aliphatic heterocycles. The lowest BCUT2D eigenvalue weighted by Crippen LogP contribution is -2.35. The monoisotopic (exact) mass is 451 g/mol. The van der Waals surface area contributed by atoms with E-state index >= 15 is 0 Å². The van der Waals surface area contributed by atoms with Crippen LogP contribution in [0.4, 0.5) is 0 Å². The Balaban J connectivity index is 1.62. The third-order valence-electron chi connectivity index (χ3n) is 7.54. The van der Waals surface area contributed by atoms with Crippen molar-refractivity contribution in [2.75, 3.05) is 19.6 Å². The third-order valence-corrected chi connectivity index (χ3v) is 7.54. The molecule has 1 N–H and O–H groups in total. The van der Waals surface area contributed by atoms with Gasteiger partial charge in [-0.3, -0.25) is 0 Å². The maximum Gasteiger partial charge on any atom is 0.0707 e. The molecule has 0 aromatic heterocycles. The molecule has 0 bridgehead atoms. The first-order chi connectivity index (χ1) is 16.2. The Bertz CT molecular complexity index is 800. The molecule has 33 heavy (non-hydrogen) atoms. The van der Waals surface area contributed by atoms with Crippen LogP contribution in [0, 0.1) is 0 Å². The van der Waals surface area contributed by atoms with Crippen molar-refractivity contribution in [2.45, 2.75) is 116 Å². The van der Waals surface area contributed by atoms with Gasteiger partial charge in [-0.05, 0) is 79.1 Å². The highest BCUT2D eigenvalue weighted by molar-refractivity contribution is 5.90. The lowest BCUT2D eigenvalue weighted by Gasteiger charge is -2.26. The molecule has 0 spiro atoms. The lowest BCUT2D eigenvalue weighted by atomic mass is 9.84. The fourth-order valence-corrected chi connectivity index (χ4v) is 5.67. The fraction of sp³-hybridized carbons (Fsp3) is 0.677. The predicted octanol–water partition coefficient (Wildman–Crippen LogP) is 7.86. The molecule has 0 amide bonds. The van der Waals surface area contributed by atoms with Gasteiger partial charge in [0.25, 0.3) is 0 Å². The van der Waals surface area contributed by atoms with Crippen LogP contribution >= 0.6 is 0 Å². The average molecular weight is 452 g/mol. The second-order valence-corrected chi connectivity index (χ2v) is 10.4. The largest absolute Gasteiger partial charge is 0.391 e. The van der Waals surface area contributed by atoms with Crippen LogP contribution in [0.1, 0.15) is 108 Å². The number of benzene rings is 2. The molecule has 0 saturated carbocycles. The molecular formula is C31H49NO. The van der Waals surface area contributed by atoms with Crippen molar-refractivity contribution >= 4 is 10.8 Å². The van der Waals surface area contributed by atoms with E-state index in [1.807, 2.05) is 0 Å². The third kappa shape index (κ3) is 8.41. The van der Waals surface area contributed by atoms with Gasteiger partial charge >= 0.3 is 0 Å². The normalized spacial score (nSPS) is 14.7. The summed E-state index contributed by atoms with van der Waals surface area (Å²) >= 11 is 0. The van der Waals surface area contributed by atoms with Crippen molar-refractivity contribution in [2.24, 2.45) is 0 Å². The van der Waals surface area contributed by atoms with Crippen LogP contribution < -0.4 is 0 Å². The Kier molecular flexibility index (Phi) is 11.8. The molecule has 1 aliphatic carbocycles. The van der Waals surface area contributed by atoms with E-state index in [1.54, 1.807) is 5.56 Å². The Morgan fingerprint density at radius 1 is 0.788 bits per heavy atom. The van der Waals surface area contributed by atoms with Gasteiger partial charge in [-0.1, -0.05) is 95.5 Å². The number of unbranched alkanes of at least 4 members (excludes halogenated alkanes) is 8. The Morgan fingerprint density at radius 3 is 2.06 bits per heavy atom. The minimum absolute atomic E-state index is 0.290. The van der Waals surface area contributed by atoms with E-state index in [2.05, 4.69) is 49.1 Å². The highest BCUT2D eigenvalue weighted by atomic mass is 16.3. The molecule has 1 aliphatic rings. The van der Waals surface area contributed by atoms with Gasteiger partial charge < -0.3 is 10.0 Å². The Hall–Kier alpha value is -1.38. The number of rotatable bonds is 16. The zero-order valence-corrected chi connectivity index (χ0v) is 21.6. The van der Waals surface area contributed by atoms with Gasteiger partial charge in [0.2, 0.25) is 0 Å². The first kappa shape index (κ1) is 26.2. The molecule has 2 aromatic carbocycles. The van der Waals surface area contributed by atoms with Crippen LogP contribution in [0.2, 0.25) is 0 Å². The second-order valence-electron chi connectivity index (χ2n) is 10.4. The molecule has 0 heterocycles. The summed E-state index contributed by atoms with van der Waals surface area (Å²) in [5.41, 5.74) is 4.45. The predicted molar refractivity (Wildman–Crippen MR) is 144 cm³/mol. The van der Waals surface area contributed by atoms with Gasteiger partial charge in [0.1, 0.15) is 0 Å². The van der Waals surface area contributed by atoms with E-state index in [0.717, 1.165) is 26.1 Å². The molecule has 2 nitrogen and oxygen atoms in total. The van der Waals surface area contributed by atoms with Crippen molar-refractivity contribution in [1.29, 1.82) is 0 Å². The Labute approximate surface area is 203 Å². The van der Waals surface area contributed by atoms with Gasteiger partial charge in [-0.15, -0.1) is 0 Å². The number of aryl methyl sites for hydroxylation is 2. The molecule has 1 atom stereocenters. The number of nitrogens with zero attached hydrogens (tertiary/aromatic N) is 1. The van der Waals surface area contributed by atoms with Crippen molar-refractivity contribution < 1.29 is 5.11 Å². The van der Waals surface area contributed by atoms with E-state index in [1.165, 1.54) is 112 Å². The maximum atomic E-state index is 11.2. The highest BCUT2D eigenvalue weighted by Gasteiger charge is 2.18. The number of hydrogen-bond donors (Lipinski definition) is 1. The summed E-state index contributed by atoms with van der Waals surface area (Å²) in [5, 5.41) is 14.0. The van der Waals surface area contributed by atoms with Crippen molar-refractivity contribution in [3.05, 3.63) is 47.0 Å². The van der Waals surface area contributed by atoms with Crippen LogP contribution in [0.3, 0.4) is 0 Å². The van der Waals surface area contributed by atoms with E-state index in [-0.39, 0.29) is 6.10 Å². The minimum atomic E-state index is -0.290. The summed E-state index contributed by atoms with van der Waals surface area (Å²) in [4.78, 5) is 2.56. The fourth-order valence-electron chi connectivity index (χ4n) is 5.67. The number of fused-ring (bicyclic) bond motifs is 3. The molecular weight excluding hydrogens is 402 g/mol. The molecule has 3 rings (SSSR count). The highest BCUT2D eigenvalue weighted by Crippen LogP contribution is 2.32. The van der Waals surface area contributed by atoms with Gasteiger partial charge in [-0.2, -0.15) is 0 Å². The van der Waals surface area contributed by atoms with Crippen LogP contribution in [0.15, 0.2) is 30.3 Å². The smallest absolute Gasteiger partial charge is 0.0707 e. The van der Waals surface area contributed by atoms with Crippen LogP contribution in [-0.4, -0.2) is 35.7 Å². The summed E-state index contributed by atoms with van der Waals surface area (Å²) < 4.78 is 0. The van der Waals surface area contributed by atoms with Crippen LogP contribution in [0.5, 0.6) is 0 Å². The molecule has 184 valence electrons. The van der Waals surface area contributed by atoms with Crippen molar-refractivity contribution in [1.82, 2.24) is 4.90 Å². The van der Waals surface area contributed by atoms with Crippen LogP contribution in [-0.2, 0) is 19.3 Å². The molecule has 2 aromatic rings. The summed E-state index contributed by atoms with van der Waals surface area (Å²) in [6, 6.07) is 11.3. The van der Waals surface area contributed by atoms with Crippen molar-refractivity contribution in [3.63, 3.8) is 0 Å². The quantitative estimate of drug-likeness (QED) is 0.262. The Morgan fingerprint density at radius 2 is 1.39 bits per heavy atom. The van der Waals surface area contributed by atoms with Gasteiger partial charge in [0, 0.05) is 13.0 Å². The standard InChI is InChI=1S/C31H49NO/c1-3-5-7-9-15-21-32(22-16-10-8-6-4-2)25-28(33)24-27-23-26-17-11-12-18-29(26)31-20-14-13-19-30(27)31/h13-14,19-20,23,28,33H,3-12,15-18,21-22,24-25H2,1-2H3/t28-/m1/s1. The second kappa shape index (κ2) is 14.8. The first-order valence-electron chi connectivity index (χ1n) is 14.2. The molecule has 0 saturated heterocycles. The number of aliphatic hydroxyl groups is 1. The van der Waals surface area contributed by atoms with E-state index in [9.17, 15) is 5.11 Å². The summed E-state index contributed by atoms with van der Waals surface area (Å²) in [6.45, 7) is 7.65. The summed E-state index contributed by atoms with van der Waals surface area (Å²) in [7, 11) is 0. The molecule has 0 radical (unpaired) electrons.